The number of nitrogens with one attached hydrogen (secondary N) is 3. The minimum atomic E-state index is -3.41. The standard InChI is InChI=1S/C12H25N3O5S/c1-11(2,3)8(9(16)17)14-10(18)13-7-12(4,5)15-21(6,19)20/h8,15H,7H2,1-6H3,(H,16,17)(H2,13,14,18). The van der Waals surface area contributed by atoms with Crippen LogP contribution in [0.25, 0.3) is 0 Å². The number of amides is 2. The molecule has 0 spiro atoms. The highest BCUT2D eigenvalue weighted by atomic mass is 32.2. The average molecular weight is 323 g/mol. The second-order valence-electron chi connectivity index (χ2n) is 6.72. The molecule has 9 heteroatoms. The summed E-state index contributed by atoms with van der Waals surface area (Å²) in [6.07, 6.45) is 1.02. The quantitative estimate of drug-likeness (QED) is 0.552. The Morgan fingerprint density at radius 1 is 1.14 bits per heavy atom. The number of urea groups is 1. The van der Waals surface area contributed by atoms with Crippen LogP contribution in [0.2, 0.25) is 0 Å². The Labute approximate surface area is 125 Å². The van der Waals surface area contributed by atoms with E-state index in [0.717, 1.165) is 6.26 Å². The van der Waals surface area contributed by atoms with E-state index in [9.17, 15) is 18.0 Å². The predicted octanol–water partition coefficient (Wildman–Crippen LogP) is 0.113. The van der Waals surface area contributed by atoms with Gasteiger partial charge < -0.3 is 15.7 Å². The molecule has 2 amide bonds. The molecule has 0 aromatic heterocycles. The number of hydrogen-bond donors (Lipinski definition) is 4. The second-order valence-corrected chi connectivity index (χ2v) is 8.47. The van der Waals surface area contributed by atoms with E-state index in [2.05, 4.69) is 15.4 Å². The molecule has 0 bridgehead atoms. The van der Waals surface area contributed by atoms with Crippen molar-refractivity contribution in [3.05, 3.63) is 0 Å². The zero-order valence-corrected chi connectivity index (χ0v) is 14.1. The summed E-state index contributed by atoms with van der Waals surface area (Å²) in [5.41, 5.74) is -1.53. The lowest BCUT2D eigenvalue weighted by molar-refractivity contribution is -0.141. The predicted molar refractivity (Wildman–Crippen MR) is 79.5 cm³/mol. The first kappa shape index (κ1) is 19.7. The lowest BCUT2D eigenvalue weighted by Crippen LogP contribution is -2.56. The van der Waals surface area contributed by atoms with Crippen LogP contribution in [0.1, 0.15) is 34.6 Å². The lowest BCUT2D eigenvalue weighted by Gasteiger charge is -2.29. The van der Waals surface area contributed by atoms with E-state index in [4.69, 9.17) is 5.11 Å². The van der Waals surface area contributed by atoms with Crippen LogP contribution in [-0.2, 0) is 14.8 Å². The van der Waals surface area contributed by atoms with Crippen molar-refractivity contribution in [2.24, 2.45) is 5.41 Å². The molecule has 1 atom stereocenters. The topological polar surface area (TPSA) is 125 Å². The largest absolute Gasteiger partial charge is 0.480 e. The summed E-state index contributed by atoms with van der Waals surface area (Å²) in [6.45, 7) is 8.31. The number of carboxylic acid groups (broad SMARTS) is 1. The maximum Gasteiger partial charge on any atom is 0.326 e. The second kappa shape index (κ2) is 6.61. The highest BCUT2D eigenvalue weighted by Gasteiger charge is 2.33. The van der Waals surface area contributed by atoms with Gasteiger partial charge in [-0.15, -0.1) is 0 Å². The van der Waals surface area contributed by atoms with Crippen LogP contribution in [0.15, 0.2) is 0 Å². The van der Waals surface area contributed by atoms with Gasteiger partial charge in [-0.2, -0.15) is 0 Å². The number of rotatable bonds is 6. The van der Waals surface area contributed by atoms with Gasteiger partial charge in [-0.3, -0.25) is 0 Å². The van der Waals surface area contributed by atoms with Crippen molar-refractivity contribution in [1.29, 1.82) is 0 Å². The van der Waals surface area contributed by atoms with Crippen molar-refractivity contribution < 1.29 is 23.1 Å². The Balaban J connectivity index is 4.61. The molecule has 0 aromatic rings. The van der Waals surface area contributed by atoms with Gasteiger partial charge in [-0.1, -0.05) is 20.8 Å². The van der Waals surface area contributed by atoms with Crippen LogP contribution in [-0.4, -0.2) is 49.9 Å². The van der Waals surface area contributed by atoms with E-state index in [-0.39, 0.29) is 6.54 Å². The number of aliphatic carboxylic acids is 1. The third-order valence-electron chi connectivity index (χ3n) is 2.54. The SMILES string of the molecule is CC(C)(CNC(=O)NC(C(=O)O)C(C)(C)C)NS(C)(=O)=O. The monoisotopic (exact) mass is 323 g/mol. The molecule has 0 aromatic carbocycles. The van der Waals surface area contributed by atoms with Gasteiger partial charge in [0.15, 0.2) is 0 Å². The fourth-order valence-corrected chi connectivity index (χ4v) is 2.75. The van der Waals surface area contributed by atoms with Gasteiger partial charge in [0.2, 0.25) is 10.0 Å². The number of carbonyl (C=O) groups excluding carboxylic acids is 1. The molecule has 4 N–H and O–H groups in total. The molecule has 0 fully saturated rings. The van der Waals surface area contributed by atoms with E-state index < -0.39 is 39.0 Å². The molecule has 0 saturated heterocycles. The zero-order valence-electron chi connectivity index (χ0n) is 13.3. The van der Waals surface area contributed by atoms with Gasteiger partial charge in [0, 0.05) is 12.1 Å². The Morgan fingerprint density at radius 2 is 1.62 bits per heavy atom. The summed E-state index contributed by atoms with van der Waals surface area (Å²) in [7, 11) is -3.41. The van der Waals surface area contributed by atoms with E-state index in [1.807, 2.05) is 0 Å². The normalized spacial score (nSPS) is 14.4. The average Bonchev–Trinajstić information content (AvgIpc) is 2.17. The fraction of sp³-hybridized carbons (Fsp3) is 0.833. The first-order valence-electron chi connectivity index (χ1n) is 6.40. The van der Waals surface area contributed by atoms with Crippen LogP contribution in [0, 0.1) is 5.41 Å². The summed E-state index contributed by atoms with van der Waals surface area (Å²) in [4.78, 5) is 22.9. The first-order chi connectivity index (χ1) is 9.14. The minimum Gasteiger partial charge on any atom is -0.480 e. The Morgan fingerprint density at radius 3 is 1.95 bits per heavy atom. The third-order valence-corrected chi connectivity index (χ3v) is 3.46. The number of sulfonamides is 1. The van der Waals surface area contributed by atoms with Gasteiger partial charge in [0.05, 0.1) is 6.26 Å². The van der Waals surface area contributed by atoms with Crippen molar-refractivity contribution >= 4 is 22.0 Å². The lowest BCUT2D eigenvalue weighted by atomic mass is 9.87. The molecule has 124 valence electrons. The summed E-state index contributed by atoms with van der Waals surface area (Å²) >= 11 is 0. The number of hydrogen-bond acceptors (Lipinski definition) is 4. The molecular weight excluding hydrogens is 298 g/mol. The van der Waals surface area contributed by atoms with Crippen molar-refractivity contribution in [2.45, 2.75) is 46.2 Å². The van der Waals surface area contributed by atoms with E-state index >= 15 is 0 Å². The molecule has 0 aliphatic carbocycles. The summed E-state index contributed by atoms with van der Waals surface area (Å²) < 4.78 is 24.7. The van der Waals surface area contributed by atoms with Gasteiger partial charge in [0.1, 0.15) is 6.04 Å². The molecule has 21 heavy (non-hydrogen) atoms. The van der Waals surface area contributed by atoms with Gasteiger partial charge in [0.25, 0.3) is 0 Å². The van der Waals surface area contributed by atoms with Gasteiger partial charge in [-0.25, -0.2) is 22.7 Å². The van der Waals surface area contributed by atoms with E-state index in [1.54, 1.807) is 34.6 Å². The first-order valence-corrected chi connectivity index (χ1v) is 8.29. The molecule has 1 unspecified atom stereocenters. The minimum absolute atomic E-state index is 0.0163. The molecule has 0 saturated carbocycles. The summed E-state index contributed by atoms with van der Waals surface area (Å²) in [6, 6.07) is -1.72. The molecule has 0 heterocycles. The van der Waals surface area contributed by atoms with Gasteiger partial charge in [-0.05, 0) is 19.3 Å². The molecule has 0 aliphatic heterocycles. The smallest absolute Gasteiger partial charge is 0.326 e. The maximum atomic E-state index is 11.8. The molecule has 0 aliphatic rings. The fourth-order valence-electron chi connectivity index (χ4n) is 1.67. The molecule has 8 nitrogen and oxygen atoms in total. The molecule has 0 radical (unpaired) electrons. The summed E-state index contributed by atoms with van der Waals surface area (Å²) in [5, 5.41) is 13.9. The number of carboxylic acids is 1. The molecular formula is C12H25N3O5S. The third kappa shape index (κ3) is 8.51. The van der Waals surface area contributed by atoms with Crippen LogP contribution in [0.4, 0.5) is 4.79 Å². The summed E-state index contributed by atoms with van der Waals surface area (Å²) in [5.74, 6) is -1.13. The van der Waals surface area contributed by atoms with Crippen LogP contribution >= 0.6 is 0 Å². The number of carbonyl (C=O) groups is 2. The van der Waals surface area contributed by atoms with Crippen LogP contribution in [0.3, 0.4) is 0 Å². The van der Waals surface area contributed by atoms with E-state index in [1.165, 1.54) is 0 Å². The Kier molecular flexibility index (Phi) is 6.18. The highest BCUT2D eigenvalue weighted by molar-refractivity contribution is 7.88. The van der Waals surface area contributed by atoms with Crippen LogP contribution < -0.4 is 15.4 Å². The molecule has 0 rings (SSSR count). The maximum absolute atomic E-state index is 11.8. The van der Waals surface area contributed by atoms with Crippen molar-refractivity contribution in [3.63, 3.8) is 0 Å². The Bertz CT molecular complexity index is 494. The van der Waals surface area contributed by atoms with E-state index in [0.29, 0.717) is 0 Å². The van der Waals surface area contributed by atoms with Crippen LogP contribution in [0.5, 0.6) is 0 Å². The zero-order chi connectivity index (χ0) is 17.1. The Hall–Kier alpha value is -1.35. The van der Waals surface area contributed by atoms with Gasteiger partial charge >= 0.3 is 12.0 Å². The van der Waals surface area contributed by atoms with Crippen molar-refractivity contribution in [1.82, 2.24) is 15.4 Å². The highest BCUT2D eigenvalue weighted by Crippen LogP contribution is 2.19. The van der Waals surface area contributed by atoms with Crippen molar-refractivity contribution in [3.8, 4) is 0 Å². The van der Waals surface area contributed by atoms with Crippen molar-refractivity contribution in [2.75, 3.05) is 12.8 Å².